The van der Waals surface area contributed by atoms with Crippen LogP contribution in [0.3, 0.4) is 0 Å². The van der Waals surface area contributed by atoms with Crippen LogP contribution in [-0.4, -0.2) is 27.0 Å². The van der Waals surface area contributed by atoms with Crippen LogP contribution in [0.4, 0.5) is 68.2 Å². The van der Waals surface area contributed by atoms with E-state index in [9.17, 15) is 0 Å². The topological polar surface area (TPSA) is 27.2 Å². The minimum absolute atomic E-state index is 0.102. The van der Waals surface area contributed by atoms with Gasteiger partial charge < -0.3 is 33.1 Å². The van der Waals surface area contributed by atoms with Gasteiger partial charge in [0.25, 0.3) is 13.4 Å². The summed E-state index contributed by atoms with van der Waals surface area (Å²) >= 11 is 0. The van der Waals surface area contributed by atoms with E-state index in [1.165, 1.54) is 149 Å². The van der Waals surface area contributed by atoms with Crippen LogP contribution in [0.2, 0.25) is 0 Å². The van der Waals surface area contributed by atoms with E-state index in [1.54, 1.807) is 0 Å². The first-order valence-electron chi connectivity index (χ1n) is 34.4. The van der Waals surface area contributed by atoms with Crippen LogP contribution in [0.1, 0.15) is 0 Å². The number of hydrogen-bond acceptors (Lipinski definition) is 4. The van der Waals surface area contributed by atoms with Crippen molar-refractivity contribution in [1.29, 1.82) is 0 Å². The summed E-state index contributed by atoms with van der Waals surface area (Å²) in [5.74, 6) is 0. The Bertz CT molecular complexity index is 6150. The summed E-state index contributed by atoms with van der Waals surface area (Å²) in [6.45, 7) is -0.205. The second kappa shape index (κ2) is 19.8. The average molecular weight is 1260 g/mol. The van der Waals surface area contributed by atoms with Crippen LogP contribution in [0, 0.1) is 0 Å². The van der Waals surface area contributed by atoms with Crippen LogP contribution >= 0.6 is 0 Å². The van der Waals surface area contributed by atoms with Gasteiger partial charge in [0, 0.05) is 111 Å². The lowest BCUT2D eigenvalue weighted by atomic mass is 9.33. The first kappa shape index (κ1) is 53.3. The molecule has 8 heterocycles. The number of hydrogen-bond donors (Lipinski definition) is 0. The van der Waals surface area contributed by atoms with Gasteiger partial charge in [-0.2, -0.15) is 0 Å². The van der Waals surface area contributed by atoms with Crippen molar-refractivity contribution in [1.82, 2.24) is 13.5 Å². The van der Waals surface area contributed by atoms with E-state index in [1.807, 2.05) is 0 Å². The van der Waals surface area contributed by atoms with Crippen LogP contribution in [0.25, 0.3) is 93.1 Å². The molecule has 0 unspecified atom stereocenters. The lowest BCUT2D eigenvalue weighted by molar-refractivity contribution is 1.16. The van der Waals surface area contributed by atoms with E-state index >= 15 is 0 Å². The van der Waals surface area contributed by atoms with Gasteiger partial charge in [-0.1, -0.05) is 212 Å². The average Bonchev–Trinajstić information content (AvgIpc) is 1.61. The highest BCUT2D eigenvalue weighted by Crippen LogP contribution is 2.52. The maximum Gasteiger partial charge on any atom is 0.252 e. The molecule has 456 valence electrons. The Morgan fingerprint density at radius 1 is 0.182 bits per heavy atom. The summed E-state index contributed by atoms with van der Waals surface area (Å²) in [6.07, 6.45) is 0. The molecule has 15 aromatic carbocycles. The molecule has 0 fully saturated rings. The smallest absolute Gasteiger partial charge is 0.252 e. The maximum atomic E-state index is 2.63. The van der Waals surface area contributed by atoms with E-state index in [0.717, 1.165) is 45.5 Å². The third-order valence-electron chi connectivity index (χ3n) is 22.2. The number of benzene rings is 15. The molecular weight excluding hydrogens is 1200 g/mol. The van der Waals surface area contributed by atoms with Gasteiger partial charge in [0.15, 0.2) is 0 Å². The van der Waals surface area contributed by atoms with Crippen molar-refractivity contribution in [2.75, 3.05) is 19.6 Å². The number of anilines is 12. The van der Waals surface area contributed by atoms with Crippen molar-refractivity contribution in [3.63, 3.8) is 0 Å². The molecule has 0 N–H and O–H groups in total. The first-order valence-corrected chi connectivity index (χ1v) is 34.4. The van der Waals surface area contributed by atoms with Gasteiger partial charge in [0.2, 0.25) is 0 Å². The summed E-state index contributed by atoms with van der Waals surface area (Å²) in [7, 11) is 0. The maximum absolute atomic E-state index is 2.63. The van der Waals surface area contributed by atoms with Gasteiger partial charge in [0.1, 0.15) is 0 Å². The third-order valence-corrected chi connectivity index (χ3v) is 22.2. The fourth-order valence-corrected chi connectivity index (χ4v) is 18.4. The molecule has 7 nitrogen and oxygen atoms in total. The molecule has 4 aromatic heterocycles. The third kappa shape index (κ3) is 7.12. The number of para-hydroxylation sites is 11. The Labute approximate surface area is 570 Å². The molecule has 0 bridgehead atoms. The highest BCUT2D eigenvalue weighted by atomic mass is 15.2. The predicted molar refractivity (Wildman–Crippen MR) is 418 cm³/mol. The van der Waals surface area contributed by atoms with Gasteiger partial charge in [-0.15, -0.1) is 0 Å². The Hall–Kier alpha value is -13.0. The molecule has 23 rings (SSSR count). The molecule has 0 amide bonds. The Kier molecular flexibility index (Phi) is 10.7. The fraction of sp³-hybridized carbons (Fsp3) is 0. The second-order valence-corrected chi connectivity index (χ2v) is 27.1. The molecule has 19 aromatic rings. The highest BCUT2D eigenvalue weighted by molar-refractivity contribution is 7.01. The van der Waals surface area contributed by atoms with E-state index < -0.39 is 0 Å². The summed E-state index contributed by atoms with van der Waals surface area (Å²) in [4.78, 5) is 10.2. The highest BCUT2D eigenvalue weighted by Gasteiger charge is 2.47. The van der Waals surface area contributed by atoms with Crippen molar-refractivity contribution in [3.05, 3.63) is 334 Å². The molecule has 0 saturated heterocycles. The van der Waals surface area contributed by atoms with E-state index in [2.05, 4.69) is 367 Å². The minimum atomic E-state index is -0.102. The van der Waals surface area contributed by atoms with Gasteiger partial charge in [0.05, 0.1) is 50.0 Å². The molecule has 4 aliphatic heterocycles. The molecule has 99 heavy (non-hydrogen) atoms. The molecular formula is C90H55B2N7. The van der Waals surface area contributed by atoms with Gasteiger partial charge in [-0.05, 0) is 154 Å². The zero-order valence-corrected chi connectivity index (χ0v) is 53.5. The van der Waals surface area contributed by atoms with Crippen LogP contribution in [0.15, 0.2) is 334 Å². The molecule has 0 spiro atoms. The SMILES string of the molecule is c1ccc(N2c3ccccc3B3c4cc5c6cccc7c8cc9c(cc8n(c5cc4N(c4ccccc4)c4cc(-n5c8ccccc8c8ccccc85)cc2c43)c67)N(c2ccccc2)c2cc(-n3c4ccccc4c4ccccc43)cc3c2B9c2ccccc2N3c2ccccc2)cc1. The summed E-state index contributed by atoms with van der Waals surface area (Å²) in [5, 5.41) is 9.91. The molecule has 0 saturated carbocycles. The number of rotatable bonds is 6. The number of aromatic nitrogens is 3. The molecule has 0 atom stereocenters. The number of nitrogens with zero attached hydrogens (tertiary/aromatic N) is 7. The van der Waals surface area contributed by atoms with Crippen molar-refractivity contribution in [2.24, 2.45) is 0 Å². The Balaban J connectivity index is 0.820. The van der Waals surface area contributed by atoms with E-state index in [4.69, 9.17) is 0 Å². The van der Waals surface area contributed by atoms with Gasteiger partial charge in [-0.25, -0.2) is 0 Å². The van der Waals surface area contributed by atoms with Crippen LogP contribution < -0.4 is 52.4 Å². The van der Waals surface area contributed by atoms with Crippen molar-refractivity contribution >= 4 is 196 Å². The van der Waals surface area contributed by atoms with Crippen LogP contribution in [0.5, 0.6) is 0 Å². The van der Waals surface area contributed by atoms with Gasteiger partial charge in [-0.3, -0.25) is 0 Å². The minimum Gasteiger partial charge on any atom is -0.311 e. The monoisotopic (exact) mass is 1260 g/mol. The predicted octanol–water partition coefficient (Wildman–Crippen LogP) is 19.2. The second-order valence-electron chi connectivity index (χ2n) is 27.1. The summed E-state index contributed by atoms with van der Waals surface area (Å²) < 4.78 is 7.62. The normalized spacial score (nSPS) is 13.5. The Morgan fingerprint density at radius 2 is 0.475 bits per heavy atom. The fourth-order valence-electron chi connectivity index (χ4n) is 18.4. The number of fused-ring (bicyclic) bond motifs is 20. The lowest BCUT2D eigenvalue weighted by Crippen LogP contribution is -2.61. The van der Waals surface area contributed by atoms with Crippen LogP contribution in [-0.2, 0) is 0 Å². The van der Waals surface area contributed by atoms with Gasteiger partial charge >= 0.3 is 0 Å². The van der Waals surface area contributed by atoms with Crippen molar-refractivity contribution in [2.45, 2.75) is 0 Å². The zero-order chi connectivity index (χ0) is 64.3. The van der Waals surface area contributed by atoms with Crippen molar-refractivity contribution < 1.29 is 0 Å². The lowest BCUT2D eigenvalue weighted by Gasteiger charge is -2.44. The molecule has 0 aliphatic carbocycles. The molecule has 9 heteroatoms. The standard InChI is InChI=1S/C90H55B2N7/c1-5-26-56(27-6-1)93-78-46-23-17-40-70(78)91-72-52-68-66-38-25-39-67-69-53-73-83(55-81(69)99(90(66)67)80(68)54-82(72)95(58-30-9-3-10-31-58)86-50-60(48-84(93)88(86)91)97-74-42-19-13-34-62(74)63-35-14-20-43-75(63)97)96(59-32-11-4-12-33-59)87-51-61(98-76-44-21-15-36-64(76)65-37-16-22-45-77(65)98)49-85-89(87)92(73)71-41-18-24-47-79(71)94(85)57-28-7-2-8-29-57/h1-55H. The summed E-state index contributed by atoms with van der Waals surface area (Å²) in [6, 6.07) is 125. The van der Waals surface area contributed by atoms with Crippen molar-refractivity contribution in [3.8, 4) is 11.4 Å². The quantitative estimate of drug-likeness (QED) is 0.155. The Morgan fingerprint density at radius 3 is 0.828 bits per heavy atom. The van der Waals surface area contributed by atoms with E-state index in [0.29, 0.717) is 0 Å². The summed E-state index contributed by atoms with van der Waals surface area (Å²) in [5.41, 5.74) is 32.0. The molecule has 4 aliphatic rings. The van der Waals surface area contributed by atoms with E-state index in [-0.39, 0.29) is 13.4 Å². The first-order chi connectivity index (χ1) is 49.2. The largest absolute Gasteiger partial charge is 0.311 e. The molecule has 0 radical (unpaired) electrons. The zero-order valence-electron chi connectivity index (χ0n) is 53.5.